The molecule has 0 aliphatic carbocycles. The Kier molecular flexibility index (Phi) is 4.02. The Morgan fingerprint density at radius 2 is 1.81 bits per heavy atom. The van der Waals surface area contributed by atoms with E-state index in [0.717, 1.165) is 22.5 Å². The van der Waals surface area contributed by atoms with E-state index in [9.17, 15) is 4.79 Å². The van der Waals surface area contributed by atoms with Gasteiger partial charge in [-0.05, 0) is 43.0 Å². The van der Waals surface area contributed by atoms with E-state index in [1.54, 1.807) is 11.9 Å². The number of nitrogens with one attached hydrogen (secondary N) is 1. The minimum absolute atomic E-state index is 0.200. The van der Waals surface area contributed by atoms with Gasteiger partial charge < -0.3 is 10.6 Å². The number of aromatic nitrogens is 2. The predicted molar refractivity (Wildman–Crippen MR) is 85.7 cm³/mol. The lowest BCUT2D eigenvalue weighted by Crippen LogP contribution is -2.27. The van der Waals surface area contributed by atoms with E-state index in [1.165, 1.54) is 0 Å². The van der Waals surface area contributed by atoms with E-state index in [1.807, 2.05) is 39.8 Å². The lowest BCUT2D eigenvalue weighted by Gasteiger charge is -2.18. The molecule has 1 amide bonds. The number of aryl methyl sites for hydroxylation is 2. The van der Waals surface area contributed by atoms with Crippen LogP contribution in [-0.4, -0.2) is 23.2 Å². The Bertz CT molecular complexity index is 653. The lowest BCUT2D eigenvalue weighted by atomic mass is 10.1. The molecule has 0 radical (unpaired) electrons. The minimum atomic E-state index is -0.208. The topological polar surface area (TPSA) is 75.0 Å². The highest BCUT2D eigenvalue weighted by Crippen LogP contribution is 2.25. The van der Waals surface area contributed by atoms with Gasteiger partial charge in [-0.3, -0.25) is 9.89 Å². The van der Waals surface area contributed by atoms with Gasteiger partial charge in [-0.2, -0.15) is 5.10 Å². The fourth-order valence-corrected chi connectivity index (χ4v) is 2.39. The Hall–Kier alpha value is -2.30. The molecule has 112 valence electrons. The van der Waals surface area contributed by atoms with Gasteiger partial charge in [-0.15, -0.1) is 0 Å². The normalized spacial score (nSPS) is 11.0. The van der Waals surface area contributed by atoms with Gasteiger partial charge in [0.2, 0.25) is 0 Å². The molecule has 0 saturated carbocycles. The van der Waals surface area contributed by atoms with Crippen molar-refractivity contribution in [3.63, 3.8) is 0 Å². The first-order chi connectivity index (χ1) is 9.81. The molecule has 21 heavy (non-hydrogen) atoms. The molecular formula is C16H22N4O. The maximum atomic E-state index is 12.6. The number of hydrogen-bond donors (Lipinski definition) is 2. The molecule has 2 aromatic rings. The van der Waals surface area contributed by atoms with Crippen LogP contribution in [0.4, 0.5) is 11.4 Å². The molecule has 1 heterocycles. The van der Waals surface area contributed by atoms with E-state index in [4.69, 9.17) is 5.73 Å². The van der Waals surface area contributed by atoms with Crippen molar-refractivity contribution in [1.82, 2.24) is 10.2 Å². The van der Waals surface area contributed by atoms with Crippen molar-refractivity contribution in [1.29, 1.82) is 0 Å². The minimum Gasteiger partial charge on any atom is -0.395 e. The van der Waals surface area contributed by atoms with E-state index in [-0.39, 0.29) is 17.5 Å². The maximum absolute atomic E-state index is 12.6. The molecule has 1 aromatic carbocycles. The zero-order valence-corrected chi connectivity index (χ0v) is 13.2. The number of benzene rings is 1. The molecule has 0 aliphatic rings. The van der Waals surface area contributed by atoms with Crippen molar-refractivity contribution >= 4 is 17.3 Å². The summed E-state index contributed by atoms with van der Waals surface area (Å²) in [5.74, 6) is -0.00813. The average molecular weight is 286 g/mol. The summed E-state index contributed by atoms with van der Waals surface area (Å²) in [6.45, 7) is 8.03. The number of nitrogens with zero attached hydrogens (tertiary/aromatic N) is 2. The fourth-order valence-electron chi connectivity index (χ4n) is 2.39. The van der Waals surface area contributed by atoms with Crippen molar-refractivity contribution in [2.75, 3.05) is 17.7 Å². The number of hydrogen-bond acceptors (Lipinski definition) is 3. The molecule has 5 nitrogen and oxygen atoms in total. The summed E-state index contributed by atoms with van der Waals surface area (Å²) in [6, 6.07) is 6.01. The van der Waals surface area contributed by atoms with Crippen molar-refractivity contribution in [3.05, 3.63) is 40.7 Å². The first kappa shape index (κ1) is 15.1. The van der Waals surface area contributed by atoms with Crippen LogP contribution < -0.4 is 10.6 Å². The SMILES string of the molecule is Cc1cc(C)cc(N(C)C(=O)c2n[nH]c(C(C)C)c2N)c1. The van der Waals surface area contributed by atoms with Crippen molar-refractivity contribution in [2.45, 2.75) is 33.6 Å². The molecule has 5 heteroatoms. The highest BCUT2D eigenvalue weighted by Gasteiger charge is 2.22. The summed E-state index contributed by atoms with van der Waals surface area (Å²) in [6.07, 6.45) is 0. The van der Waals surface area contributed by atoms with Gasteiger partial charge in [0.25, 0.3) is 5.91 Å². The highest BCUT2D eigenvalue weighted by atomic mass is 16.2. The molecule has 0 spiro atoms. The number of amides is 1. The first-order valence-electron chi connectivity index (χ1n) is 7.01. The molecule has 0 fully saturated rings. The van der Waals surface area contributed by atoms with Crippen LogP contribution in [-0.2, 0) is 0 Å². The second-order valence-electron chi connectivity index (χ2n) is 5.76. The molecule has 2 rings (SSSR count). The molecular weight excluding hydrogens is 264 g/mol. The van der Waals surface area contributed by atoms with Crippen LogP contribution in [0.15, 0.2) is 18.2 Å². The van der Waals surface area contributed by atoms with Crippen LogP contribution in [0.2, 0.25) is 0 Å². The van der Waals surface area contributed by atoms with Gasteiger partial charge in [-0.25, -0.2) is 0 Å². The van der Waals surface area contributed by atoms with Crippen molar-refractivity contribution < 1.29 is 4.79 Å². The molecule has 3 N–H and O–H groups in total. The fraction of sp³-hybridized carbons (Fsp3) is 0.375. The molecule has 0 atom stereocenters. The van der Waals surface area contributed by atoms with Gasteiger partial charge >= 0.3 is 0 Å². The van der Waals surface area contributed by atoms with Crippen LogP contribution in [0.5, 0.6) is 0 Å². The number of rotatable bonds is 3. The third-order valence-electron chi connectivity index (χ3n) is 3.51. The third kappa shape index (κ3) is 2.91. The van der Waals surface area contributed by atoms with E-state index in [0.29, 0.717) is 5.69 Å². The Morgan fingerprint density at radius 1 is 1.24 bits per heavy atom. The maximum Gasteiger partial charge on any atom is 0.280 e. The first-order valence-corrected chi connectivity index (χ1v) is 7.01. The summed E-state index contributed by atoms with van der Waals surface area (Å²) < 4.78 is 0. The van der Waals surface area contributed by atoms with Crippen LogP contribution in [0.25, 0.3) is 0 Å². The van der Waals surface area contributed by atoms with Gasteiger partial charge in [0.15, 0.2) is 5.69 Å². The summed E-state index contributed by atoms with van der Waals surface area (Å²) >= 11 is 0. The quantitative estimate of drug-likeness (QED) is 0.910. The van der Waals surface area contributed by atoms with E-state index in [2.05, 4.69) is 16.3 Å². The highest BCUT2D eigenvalue weighted by molar-refractivity contribution is 6.07. The Balaban J connectivity index is 2.35. The summed E-state index contributed by atoms with van der Waals surface area (Å²) in [7, 11) is 1.74. The molecule has 0 unspecified atom stereocenters. The largest absolute Gasteiger partial charge is 0.395 e. The van der Waals surface area contributed by atoms with Crippen LogP contribution >= 0.6 is 0 Å². The zero-order valence-electron chi connectivity index (χ0n) is 13.2. The molecule has 0 bridgehead atoms. The van der Waals surface area contributed by atoms with Crippen LogP contribution in [0.1, 0.15) is 47.1 Å². The summed E-state index contributed by atoms with van der Waals surface area (Å²) in [4.78, 5) is 14.2. The number of H-pyrrole nitrogens is 1. The average Bonchev–Trinajstić information content (AvgIpc) is 2.77. The Labute approximate surface area is 125 Å². The molecule has 0 aliphatic heterocycles. The lowest BCUT2D eigenvalue weighted by molar-refractivity contribution is 0.0989. The second-order valence-corrected chi connectivity index (χ2v) is 5.76. The monoisotopic (exact) mass is 286 g/mol. The number of carbonyl (C=O) groups is 1. The Morgan fingerprint density at radius 3 is 2.29 bits per heavy atom. The number of aromatic amines is 1. The third-order valence-corrected chi connectivity index (χ3v) is 3.51. The smallest absolute Gasteiger partial charge is 0.280 e. The number of nitrogens with two attached hydrogens (primary N) is 1. The van der Waals surface area contributed by atoms with Crippen molar-refractivity contribution in [2.24, 2.45) is 0 Å². The molecule has 0 saturated heterocycles. The molecule has 1 aromatic heterocycles. The van der Waals surface area contributed by atoms with Gasteiger partial charge in [0, 0.05) is 12.7 Å². The number of carbonyl (C=O) groups excluding carboxylic acids is 1. The number of nitrogen functional groups attached to an aromatic ring is 1. The van der Waals surface area contributed by atoms with Crippen LogP contribution in [0, 0.1) is 13.8 Å². The summed E-state index contributed by atoms with van der Waals surface area (Å²) in [5, 5.41) is 6.95. The van der Waals surface area contributed by atoms with Gasteiger partial charge in [0.1, 0.15) is 0 Å². The summed E-state index contributed by atoms with van der Waals surface area (Å²) in [5.41, 5.74) is 10.6. The zero-order chi connectivity index (χ0) is 15.7. The van der Waals surface area contributed by atoms with E-state index >= 15 is 0 Å². The van der Waals surface area contributed by atoms with Gasteiger partial charge in [-0.1, -0.05) is 19.9 Å². The van der Waals surface area contributed by atoms with Crippen LogP contribution in [0.3, 0.4) is 0 Å². The van der Waals surface area contributed by atoms with Gasteiger partial charge in [0.05, 0.1) is 11.4 Å². The second kappa shape index (κ2) is 5.60. The van der Waals surface area contributed by atoms with Crippen molar-refractivity contribution in [3.8, 4) is 0 Å². The van der Waals surface area contributed by atoms with E-state index < -0.39 is 0 Å². The predicted octanol–water partition coefficient (Wildman–Crippen LogP) is 3.01. The number of anilines is 2. The standard InChI is InChI=1S/C16H22N4O/c1-9(2)14-13(17)15(19-18-14)16(21)20(5)12-7-10(3)6-11(4)8-12/h6-9H,17H2,1-5H3,(H,18,19).